The van der Waals surface area contributed by atoms with E-state index >= 15 is 4.39 Å². The summed E-state index contributed by atoms with van der Waals surface area (Å²) in [5, 5.41) is 19.7. The predicted octanol–water partition coefficient (Wildman–Crippen LogP) is 3.21. The van der Waals surface area contributed by atoms with Gasteiger partial charge in [0.15, 0.2) is 0 Å². The average Bonchev–Trinajstić information content (AvgIpc) is 3.65. The van der Waals surface area contributed by atoms with Gasteiger partial charge in [-0.25, -0.2) is 9.18 Å². The van der Waals surface area contributed by atoms with Crippen LogP contribution in [0.15, 0.2) is 29.3 Å². The Balaban J connectivity index is 1.40. The normalized spacial score (nSPS) is 16.9. The molecule has 178 valence electrons. The minimum Gasteiger partial charge on any atom is -0.506 e. The van der Waals surface area contributed by atoms with E-state index in [1.807, 2.05) is 16.4 Å². The number of piperazine rings is 1. The van der Waals surface area contributed by atoms with E-state index < -0.39 is 17.2 Å². The van der Waals surface area contributed by atoms with Crippen molar-refractivity contribution in [2.45, 2.75) is 39.3 Å². The van der Waals surface area contributed by atoms with E-state index in [9.17, 15) is 19.8 Å². The first kappa shape index (κ1) is 22.3. The van der Waals surface area contributed by atoms with Crippen LogP contribution in [0.3, 0.4) is 0 Å². The number of aromatic nitrogens is 2. The van der Waals surface area contributed by atoms with E-state index in [2.05, 4.69) is 9.88 Å². The first-order chi connectivity index (χ1) is 16.2. The fourth-order valence-corrected chi connectivity index (χ4v) is 4.71. The number of carboxylic acids is 1. The van der Waals surface area contributed by atoms with E-state index in [1.54, 1.807) is 19.2 Å². The number of halogens is 1. The number of nitrogens with zero attached hydrogens (tertiary/aromatic N) is 4. The van der Waals surface area contributed by atoms with Gasteiger partial charge in [-0.15, -0.1) is 0 Å². The monoisotopic (exact) mass is 466 g/mol. The highest BCUT2D eigenvalue weighted by atomic mass is 19.1. The maximum absolute atomic E-state index is 15.2. The molecule has 0 bridgehead atoms. The van der Waals surface area contributed by atoms with Gasteiger partial charge >= 0.3 is 5.97 Å². The highest BCUT2D eigenvalue weighted by molar-refractivity contribution is 5.93. The molecule has 1 aromatic carbocycles. The number of hydrogen-bond donors (Lipinski definition) is 2. The Bertz CT molecular complexity index is 1360. The Morgan fingerprint density at radius 1 is 1.18 bits per heavy atom. The number of pyridine rings is 2. The van der Waals surface area contributed by atoms with Crippen molar-refractivity contribution >= 4 is 22.6 Å². The number of carbonyl (C=O) groups is 1. The van der Waals surface area contributed by atoms with Crippen LogP contribution in [0.2, 0.25) is 0 Å². The molecule has 0 spiro atoms. The summed E-state index contributed by atoms with van der Waals surface area (Å²) >= 11 is 0. The van der Waals surface area contributed by atoms with Gasteiger partial charge in [0.2, 0.25) is 5.43 Å². The molecule has 34 heavy (non-hydrogen) atoms. The van der Waals surface area contributed by atoms with Crippen LogP contribution in [0, 0.1) is 19.7 Å². The molecule has 0 unspecified atom stereocenters. The van der Waals surface area contributed by atoms with Crippen molar-refractivity contribution in [2.75, 3.05) is 31.1 Å². The number of aromatic hydroxyl groups is 1. The lowest BCUT2D eigenvalue weighted by molar-refractivity contribution is 0.0695. The molecule has 3 aromatic rings. The summed E-state index contributed by atoms with van der Waals surface area (Å²) in [5.74, 6) is -1.59. The van der Waals surface area contributed by atoms with Crippen molar-refractivity contribution < 1.29 is 19.4 Å². The number of benzene rings is 1. The first-order valence-corrected chi connectivity index (χ1v) is 11.5. The SMILES string of the molecule is Cc1ncc(CN2CCN(c3cc4c(cc3F)c(=O)c(C(=O)O)cn4C3CC3)CC2)c(C)c1O. The maximum atomic E-state index is 15.2. The smallest absolute Gasteiger partial charge is 0.341 e. The van der Waals surface area contributed by atoms with Crippen LogP contribution in [0.1, 0.15) is 46.1 Å². The fraction of sp³-hybridized carbons (Fsp3) is 0.400. The zero-order valence-electron chi connectivity index (χ0n) is 19.2. The molecule has 2 aromatic heterocycles. The van der Waals surface area contributed by atoms with E-state index in [0.29, 0.717) is 49.6 Å². The zero-order valence-corrected chi connectivity index (χ0v) is 19.2. The number of anilines is 1. The van der Waals surface area contributed by atoms with Crippen LogP contribution in [0.5, 0.6) is 5.75 Å². The molecule has 1 aliphatic heterocycles. The lowest BCUT2D eigenvalue weighted by atomic mass is 10.1. The molecule has 0 atom stereocenters. The lowest BCUT2D eigenvalue weighted by Gasteiger charge is -2.36. The Kier molecular flexibility index (Phi) is 5.51. The van der Waals surface area contributed by atoms with Gasteiger partial charge in [-0.05, 0) is 49.9 Å². The van der Waals surface area contributed by atoms with Crippen molar-refractivity contribution in [1.29, 1.82) is 0 Å². The van der Waals surface area contributed by atoms with E-state index in [-0.39, 0.29) is 22.7 Å². The summed E-state index contributed by atoms with van der Waals surface area (Å²) in [5.41, 5.74) is 2.43. The summed E-state index contributed by atoms with van der Waals surface area (Å²) < 4.78 is 17.0. The third-order valence-electron chi connectivity index (χ3n) is 6.97. The summed E-state index contributed by atoms with van der Waals surface area (Å²) in [6.45, 7) is 6.93. The zero-order chi connectivity index (χ0) is 24.1. The van der Waals surface area contributed by atoms with Crippen molar-refractivity contribution in [3.63, 3.8) is 0 Å². The van der Waals surface area contributed by atoms with Gasteiger partial charge in [0.25, 0.3) is 0 Å². The Labute approximate surface area is 195 Å². The van der Waals surface area contributed by atoms with Crippen molar-refractivity contribution in [2.24, 2.45) is 0 Å². The van der Waals surface area contributed by atoms with Crippen molar-refractivity contribution in [3.05, 3.63) is 63.0 Å². The van der Waals surface area contributed by atoms with Crippen LogP contribution in [-0.2, 0) is 6.54 Å². The van der Waals surface area contributed by atoms with Gasteiger partial charge in [-0.1, -0.05) is 0 Å². The molecular formula is C25H27FN4O4. The number of hydrogen-bond acceptors (Lipinski definition) is 6. The van der Waals surface area contributed by atoms with Crippen LogP contribution in [0.4, 0.5) is 10.1 Å². The second kappa shape index (κ2) is 8.39. The van der Waals surface area contributed by atoms with Gasteiger partial charge < -0.3 is 19.7 Å². The van der Waals surface area contributed by atoms with E-state index in [4.69, 9.17) is 0 Å². The Morgan fingerprint density at radius 3 is 2.53 bits per heavy atom. The summed E-state index contributed by atoms with van der Waals surface area (Å²) in [4.78, 5) is 32.7. The second-order valence-electron chi connectivity index (χ2n) is 9.24. The number of carboxylic acid groups (broad SMARTS) is 1. The molecule has 2 fully saturated rings. The van der Waals surface area contributed by atoms with Crippen LogP contribution >= 0.6 is 0 Å². The van der Waals surface area contributed by atoms with Gasteiger partial charge in [0.1, 0.15) is 17.1 Å². The molecule has 1 saturated heterocycles. The molecule has 5 rings (SSSR count). The third-order valence-corrected chi connectivity index (χ3v) is 6.97. The highest BCUT2D eigenvalue weighted by Gasteiger charge is 2.28. The van der Waals surface area contributed by atoms with Crippen molar-refractivity contribution in [3.8, 4) is 5.75 Å². The number of aryl methyl sites for hydroxylation is 1. The molecule has 1 saturated carbocycles. The van der Waals surface area contributed by atoms with Crippen LogP contribution < -0.4 is 10.3 Å². The first-order valence-electron chi connectivity index (χ1n) is 11.5. The molecular weight excluding hydrogens is 439 g/mol. The van der Waals surface area contributed by atoms with Crippen LogP contribution in [0.25, 0.3) is 10.9 Å². The molecule has 3 heterocycles. The number of rotatable bonds is 5. The Morgan fingerprint density at radius 2 is 1.88 bits per heavy atom. The summed E-state index contributed by atoms with van der Waals surface area (Å²) in [6.07, 6.45) is 5.01. The summed E-state index contributed by atoms with van der Waals surface area (Å²) in [6, 6.07) is 3.02. The molecule has 9 heteroatoms. The minimum absolute atomic E-state index is 0.105. The topological polar surface area (TPSA) is 98.9 Å². The quantitative estimate of drug-likeness (QED) is 0.596. The van der Waals surface area contributed by atoms with Gasteiger partial charge in [-0.3, -0.25) is 14.7 Å². The highest BCUT2D eigenvalue weighted by Crippen LogP contribution is 2.38. The molecule has 1 aliphatic carbocycles. The maximum Gasteiger partial charge on any atom is 0.341 e. The molecule has 2 aliphatic rings. The number of aromatic carboxylic acids is 1. The van der Waals surface area contributed by atoms with Crippen LogP contribution in [-0.4, -0.2) is 56.8 Å². The predicted molar refractivity (Wildman–Crippen MR) is 126 cm³/mol. The third kappa shape index (κ3) is 3.90. The van der Waals surface area contributed by atoms with E-state index in [0.717, 1.165) is 24.0 Å². The fourth-order valence-electron chi connectivity index (χ4n) is 4.71. The number of fused-ring (bicyclic) bond motifs is 1. The minimum atomic E-state index is -1.30. The lowest BCUT2D eigenvalue weighted by Crippen LogP contribution is -2.46. The summed E-state index contributed by atoms with van der Waals surface area (Å²) in [7, 11) is 0. The Hall–Kier alpha value is -3.46. The van der Waals surface area contributed by atoms with Crippen molar-refractivity contribution in [1.82, 2.24) is 14.5 Å². The largest absolute Gasteiger partial charge is 0.506 e. The van der Waals surface area contributed by atoms with Gasteiger partial charge in [0.05, 0.1) is 16.9 Å². The standard InChI is InChI=1S/C25H27FN4O4/c1-14-16(11-27-15(2)23(14)31)12-28-5-7-29(8-6-28)22-10-21-18(9-20(22)26)24(32)19(25(33)34)13-30(21)17-3-4-17/h9-11,13,17,31H,3-8,12H2,1-2H3,(H,33,34). The van der Waals surface area contributed by atoms with E-state index in [1.165, 1.54) is 12.3 Å². The van der Waals surface area contributed by atoms with Gasteiger partial charge in [0, 0.05) is 56.5 Å². The van der Waals surface area contributed by atoms with Gasteiger partial charge in [-0.2, -0.15) is 0 Å². The average molecular weight is 467 g/mol. The molecule has 2 N–H and O–H groups in total. The molecule has 0 amide bonds. The molecule has 8 nitrogen and oxygen atoms in total. The second-order valence-corrected chi connectivity index (χ2v) is 9.24. The molecule has 0 radical (unpaired) electrons.